The minimum Gasteiger partial charge on any atom is -0.390 e. The summed E-state index contributed by atoms with van der Waals surface area (Å²) in [6, 6.07) is 0. The van der Waals surface area contributed by atoms with Crippen LogP contribution in [0.3, 0.4) is 0 Å². The minimum atomic E-state index is -0.781. The lowest BCUT2D eigenvalue weighted by Crippen LogP contribution is -2.33. The fourth-order valence-corrected chi connectivity index (χ4v) is 2.45. The van der Waals surface area contributed by atoms with E-state index in [2.05, 4.69) is 10.3 Å². The molecule has 25 heavy (non-hydrogen) atoms. The van der Waals surface area contributed by atoms with Gasteiger partial charge >= 0.3 is 5.69 Å². The van der Waals surface area contributed by atoms with Gasteiger partial charge in [0, 0.05) is 26.3 Å². The van der Waals surface area contributed by atoms with Crippen LogP contribution in [0.5, 0.6) is 0 Å². The lowest BCUT2D eigenvalue weighted by atomic mass is 10.2. The number of aromatic amines is 1. The van der Waals surface area contributed by atoms with Crippen molar-refractivity contribution in [2.45, 2.75) is 24.9 Å². The highest BCUT2D eigenvalue weighted by atomic mass is 16.6. The fourth-order valence-electron chi connectivity index (χ4n) is 2.45. The molecule has 0 spiro atoms. The number of carbonyl (C=O) groups is 1. The van der Waals surface area contributed by atoms with E-state index in [1.807, 2.05) is 0 Å². The van der Waals surface area contributed by atoms with E-state index in [0.29, 0.717) is 0 Å². The Labute approximate surface area is 142 Å². The molecule has 1 aliphatic rings. The number of rotatable bonds is 7. The SMILES string of the molecule is COCC1OC(n2cc(/C=C/CNC(=O)CO)c(=O)[nH]c2=O)CC1O. The molecule has 0 aliphatic carbocycles. The van der Waals surface area contributed by atoms with Gasteiger partial charge in [-0.15, -0.1) is 0 Å². The summed E-state index contributed by atoms with van der Waals surface area (Å²) in [5, 5.41) is 20.9. The highest BCUT2D eigenvalue weighted by Crippen LogP contribution is 2.27. The topological polar surface area (TPSA) is 143 Å². The Hall–Kier alpha value is -2.27. The summed E-state index contributed by atoms with van der Waals surface area (Å²) in [5.74, 6) is -0.541. The van der Waals surface area contributed by atoms with Crippen molar-refractivity contribution in [2.24, 2.45) is 0 Å². The van der Waals surface area contributed by atoms with Crippen LogP contribution in [0.4, 0.5) is 0 Å². The van der Waals surface area contributed by atoms with Gasteiger partial charge in [0.25, 0.3) is 5.56 Å². The van der Waals surface area contributed by atoms with Gasteiger partial charge in [0.1, 0.15) is 18.9 Å². The number of hydrogen-bond acceptors (Lipinski definition) is 7. The quantitative estimate of drug-likeness (QED) is 0.441. The van der Waals surface area contributed by atoms with Crippen LogP contribution in [0, 0.1) is 0 Å². The monoisotopic (exact) mass is 355 g/mol. The van der Waals surface area contributed by atoms with E-state index in [1.165, 1.54) is 30.0 Å². The zero-order valence-corrected chi connectivity index (χ0v) is 13.7. The van der Waals surface area contributed by atoms with Crippen molar-refractivity contribution in [3.8, 4) is 0 Å². The van der Waals surface area contributed by atoms with Gasteiger partial charge in [-0.2, -0.15) is 0 Å². The number of amides is 1. The summed E-state index contributed by atoms with van der Waals surface area (Å²) in [5.41, 5.74) is -1.05. The Morgan fingerprint density at radius 3 is 3.00 bits per heavy atom. The summed E-state index contributed by atoms with van der Waals surface area (Å²) in [6.45, 7) is -0.317. The van der Waals surface area contributed by atoms with E-state index < -0.39 is 42.2 Å². The van der Waals surface area contributed by atoms with E-state index in [9.17, 15) is 19.5 Å². The van der Waals surface area contributed by atoms with Gasteiger partial charge < -0.3 is 25.0 Å². The first kappa shape index (κ1) is 19.1. The maximum atomic E-state index is 12.0. The number of carbonyl (C=O) groups excluding carboxylic acids is 1. The Morgan fingerprint density at radius 2 is 2.32 bits per heavy atom. The molecule has 3 atom stereocenters. The largest absolute Gasteiger partial charge is 0.390 e. The lowest BCUT2D eigenvalue weighted by Gasteiger charge is -2.15. The van der Waals surface area contributed by atoms with E-state index in [4.69, 9.17) is 14.6 Å². The Morgan fingerprint density at radius 1 is 1.56 bits per heavy atom. The summed E-state index contributed by atoms with van der Waals surface area (Å²) in [4.78, 5) is 37.0. The summed E-state index contributed by atoms with van der Waals surface area (Å²) in [6.07, 6.45) is 2.40. The van der Waals surface area contributed by atoms with Crippen LogP contribution in [-0.4, -0.2) is 64.7 Å². The van der Waals surface area contributed by atoms with Gasteiger partial charge in [0.2, 0.25) is 5.91 Å². The van der Waals surface area contributed by atoms with E-state index >= 15 is 0 Å². The molecule has 0 radical (unpaired) electrons. The maximum absolute atomic E-state index is 12.0. The van der Waals surface area contributed by atoms with Crippen molar-refractivity contribution in [3.05, 3.63) is 38.7 Å². The van der Waals surface area contributed by atoms with Crippen molar-refractivity contribution < 1.29 is 24.5 Å². The molecule has 1 amide bonds. The van der Waals surface area contributed by atoms with Crippen LogP contribution in [-0.2, 0) is 14.3 Å². The number of ether oxygens (including phenoxy) is 2. The molecule has 2 heterocycles. The van der Waals surface area contributed by atoms with Crippen molar-refractivity contribution in [2.75, 3.05) is 26.9 Å². The summed E-state index contributed by atoms with van der Waals surface area (Å²) in [7, 11) is 1.48. The molecule has 1 aliphatic heterocycles. The van der Waals surface area contributed by atoms with Crippen LogP contribution >= 0.6 is 0 Å². The normalized spacial score (nSPS) is 23.2. The molecule has 1 fully saturated rings. The molecule has 1 saturated heterocycles. The number of hydrogen-bond donors (Lipinski definition) is 4. The Bertz CT molecular complexity index is 739. The molecule has 4 N–H and O–H groups in total. The molecule has 10 heteroatoms. The highest BCUT2D eigenvalue weighted by molar-refractivity contribution is 5.77. The molecular formula is C15H21N3O7. The average Bonchev–Trinajstić information content (AvgIpc) is 2.94. The summed E-state index contributed by atoms with van der Waals surface area (Å²) >= 11 is 0. The van der Waals surface area contributed by atoms with Gasteiger partial charge in [-0.3, -0.25) is 19.1 Å². The molecule has 0 aromatic carbocycles. The molecule has 138 valence electrons. The van der Waals surface area contributed by atoms with E-state index in [-0.39, 0.29) is 25.1 Å². The molecule has 1 aromatic rings. The number of methoxy groups -OCH3 is 1. The van der Waals surface area contributed by atoms with Gasteiger partial charge in [-0.25, -0.2) is 4.79 Å². The highest BCUT2D eigenvalue weighted by Gasteiger charge is 2.35. The molecule has 0 bridgehead atoms. The Balaban J connectivity index is 2.15. The predicted octanol–water partition coefficient (Wildman–Crippen LogP) is -2.05. The van der Waals surface area contributed by atoms with Crippen molar-refractivity contribution in [1.82, 2.24) is 14.9 Å². The molecule has 10 nitrogen and oxygen atoms in total. The van der Waals surface area contributed by atoms with Gasteiger partial charge in [-0.05, 0) is 0 Å². The first-order valence-electron chi connectivity index (χ1n) is 7.68. The first-order valence-corrected chi connectivity index (χ1v) is 7.68. The van der Waals surface area contributed by atoms with Crippen LogP contribution in [0.25, 0.3) is 6.08 Å². The average molecular weight is 355 g/mol. The second kappa shape index (κ2) is 8.72. The standard InChI is InChI=1S/C15H21N3O7/c1-24-8-11-10(20)5-13(25-11)18-6-9(14(22)17-15(18)23)3-2-4-16-12(21)7-19/h2-3,6,10-11,13,19-20H,4-5,7-8H2,1H3,(H,16,21)(H,17,22,23)/b3-2+. The lowest BCUT2D eigenvalue weighted by molar-refractivity contribution is -0.123. The van der Waals surface area contributed by atoms with E-state index in [1.54, 1.807) is 0 Å². The van der Waals surface area contributed by atoms with Crippen LogP contribution in [0.2, 0.25) is 0 Å². The molecule has 0 saturated carbocycles. The zero-order chi connectivity index (χ0) is 18.4. The van der Waals surface area contributed by atoms with Crippen LogP contribution in [0.15, 0.2) is 21.9 Å². The number of aliphatic hydroxyl groups is 2. The van der Waals surface area contributed by atoms with Crippen LogP contribution < -0.4 is 16.6 Å². The predicted molar refractivity (Wildman–Crippen MR) is 86.9 cm³/mol. The van der Waals surface area contributed by atoms with Crippen molar-refractivity contribution >= 4 is 12.0 Å². The number of nitrogens with zero attached hydrogens (tertiary/aromatic N) is 1. The second-order valence-corrected chi connectivity index (χ2v) is 5.50. The van der Waals surface area contributed by atoms with Crippen molar-refractivity contribution in [1.29, 1.82) is 0 Å². The molecule has 1 aromatic heterocycles. The van der Waals surface area contributed by atoms with Gasteiger partial charge in [0.15, 0.2) is 0 Å². The number of nitrogens with one attached hydrogen (secondary N) is 2. The Kier molecular flexibility index (Phi) is 6.65. The molecule has 3 unspecified atom stereocenters. The van der Waals surface area contributed by atoms with Gasteiger partial charge in [-0.1, -0.05) is 12.2 Å². The van der Waals surface area contributed by atoms with Gasteiger partial charge in [0.05, 0.1) is 18.3 Å². The van der Waals surface area contributed by atoms with Crippen LogP contribution in [0.1, 0.15) is 18.2 Å². The minimum absolute atomic E-state index is 0.118. The fraction of sp³-hybridized carbons (Fsp3) is 0.533. The third-order valence-corrected chi connectivity index (χ3v) is 3.70. The number of aromatic nitrogens is 2. The van der Waals surface area contributed by atoms with E-state index in [0.717, 1.165) is 0 Å². The zero-order valence-electron chi connectivity index (χ0n) is 13.7. The smallest absolute Gasteiger partial charge is 0.330 e. The molecular weight excluding hydrogens is 334 g/mol. The third-order valence-electron chi connectivity index (χ3n) is 3.70. The number of H-pyrrole nitrogens is 1. The van der Waals surface area contributed by atoms with Crippen molar-refractivity contribution in [3.63, 3.8) is 0 Å². The number of aliphatic hydroxyl groups excluding tert-OH is 2. The summed E-state index contributed by atoms with van der Waals surface area (Å²) < 4.78 is 11.8. The maximum Gasteiger partial charge on any atom is 0.330 e. The third kappa shape index (κ3) is 4.86. The second-order valence-electron chi connectivity index (χ2n) is 5.50. The first-order chi connectivity index (χ1) is 12.0. The molecule has 2 rings (SSSR count).